The molecule has 3 heterocycles. The quantitative estimate of drug-likeness (QED) is 0.755. The van der Waals surface area contributed by atoms with Crippen molar-refractivity contribution in [3.05, 3.63) is 41.2 Å². The Labute approximate surface area is 174 Å². The summed E-state index contributed by atoms with van der Waals surface area (Å²) in [6.45, 7) is 5.71. The molecule has 1 amide bonds. The SMILES string of the molecule is Cc1cc(C(=O)CN2CCC(C#N)(C(N)=O)C2)c(C)n1-c1ccc2c(c1)OCCO2. The fourth-order valence-electron chi connectivity index (χ4n) is 4.27. The van der Waals surface area contributed by atoms with E-state index in [0.29, 0.717) is 43.2 Å². The van der Waals surface area contributed by atoms with Gasteiger partial charge in [-0.15, -0.1) is 0 Å². The number of hydrogen-bond donors (Lipinski definition) is 1. The van der Waals surface area contributed by atoms with Gasteiger partial charge in [0.15, 0.2) is 17.3 Å². The van der Waals surface area contributed by atoms with Crippen LogP contribution in [0.15, 0.2) is 24.3 Å². The molecule has 1 aromatic carbocycles. The first-order valence-electron chi connectivity index (χ1n) is 9.90. The second kappa shape index (κ2) is 7.50. The third-order valence-electron chi connectivity index (χ3n) is 5.92. The Morgan fingerprint density at radius 2 is 1.93 bits per heavy atom. The van der Waals surface area contributed by atoms with Gasteiger partial charge in [-0.05, 0) is 38.5 Å². The van der Waals surface area contributed by atoms with Crippen molar-refractivity contribution in [1.82, 2.24) is 9.47 Å². The predicted octanol–water partition coefficient (Wildman–Crippen LogP) is 1.75. The number of nitriles is 1. The second-order valence-electron chi connectivity index (χ2n) is 7.89. The van der Waals surface area contributed by atoms with Crippen molar-refractivity contribution < 1.29 is 19.1 Å². The molecule has 1 aromatic heterocycles. The molecule has 1 atom stereocenters. The fourth-order valence-corrected chi connectivity index (χ4v) is 4.27. The maximum Gasteiger partial charge on any atom is 0.239 e. The van der Waals surface area contributed by atoms with E-state index in [2.05, 4.69) is 0 Å². The number of amides is 1. The van der Waals surface area contributed by atoms with E-state index < -0.39 is 11.3 Å². The fraction of sp³-hybridized carbons (Fsp3) is 0.409. The highest BCUT2D eigenvalue weighted by Gasteiger charge is 2.44. The van der Waals surface area contributed by atoms with E-state index in [1.165, 1.54) is 0 Å². The van der Waals surface area contributed by atoms with Crippen molar-refractivity contribution >= 4 is 11.7 Å². The van der Waals surface area contributed by atoms with Gasteiger partial charge < -0.3 is 19.8 Å². The molecule has 0 radical (unpaired) electrons. The molecule has 2 aliphatic rings. The molecule has 0 aliphatic carbocycles. The van der Waals surface area contributed by atoms with Crippen LogP contribution >= 0.6 is 0 Å². The molecule has 1 saturated heterocycles. The van der Waals surface area contributed by atoms with E-state index >= 15 is 0 Å². The Bertz CT molecular complexity index is 1070. The second-order valence-corrected chi connectivity index (χ2v) is 7.89. The Morgan fingerprint density at radius 3 is 2.60 bits per heavy atom. The Balaban J connectivity index is 1.56. The first kappa shape index (κ1) is 20.0. The molecule has 156 valence electrons. The third-order valence-corrected chi connectivity index (χ3v) is 5.92. The molecule has 2 aliphatic heterocycles. The minimum Gasteiger partial charge on any atom is -0.486 e. The molecule has 4 rings (SSSR count). The highest BCUT2D eigenvalue weighted by molar-refractivity contribution is 5.99. The van der Waals surface area contributed by atoms with E-state index in [1.807, 2.05) is 53.6 Å². The Hall–Kier alpha value is -3.31. The van der Waals surface area contributed by atoms with Crippen LogP contribution in [-0.4, -0.2) is 54.0 Å². The number of aryl methyl sites for hydroxylation is 1. The number of ketones is 1. The van der Waals surface area contributed by atoms with Gasteiger partial charge in [0.2, 0.25) is 5.91 Å². The highest BCUT2D eigenvalue weighted by atomic mass is 16.6. The van der Waals surface area contributed by atoms with Gasteiger partial charge in [-0.25, -0.2) is 0 Å². The Morgan fingerprint density at radius 1 is 1.20 bits per heavy atom. The number of benzene rings is 1. The molecular weight excluding hydrogens is 384 g/mol. The zero-order valence-electron chi connectivity index (χ0n) is 17.1. The van der Waals surface area contributed by atoms with Gasteiger partial charge in [0, 0.05) is 41.8 Å². The zero-order chi connectivity index (χ0) is 21.5. The van der Waals surface area contributed by atoms with Crippen molar-refractivity contribution in [3.63, 3.8) is 0 Å². The van der Waals surface area contributed by atoms with Crippen molar-refractivity contribution in [2.24, 2.45) is 11.1 Å². The standard InChI is InChI=1S/C22H24N4O4/c1-14-9-17(18(27)11-25-6-5-22(12-23,13-25)21(24)28)15(2)26(14)16-3-4-19-20(10-16)30-8-7-29-19/h3-4,9-10H,5-8,11,13H2,1-2H3,(H2,24,28). The number of nitrogens with two attached hydrogens (primary N) is 1. The van der Waals surface area contributed by atoms with Gasteiger partial charge in [-0.2, -0.15) is 5.26 Å². The van der Waals surface area contributed by atoms with Gasteiger partial charge in [0.05, 0.1) is 12.6 Å². The molecule has 0 bridgehead atoms. The van der Waals surface area contributed by atoms with Crippen LogP contribution in [0.3, 0.4) is 0 Å². The van der Waals surface area contributed by atoms with Crippen molar-refractivity contribution in [1.29, 1.82) is 5.26 Å². The van der Waals surface area contributed by atoms with Gasteiger partial charge >= 0.3 is 0 Å². The molecule has 1 fully saturated rings. The lowest BCUT2D eigenvalue weighted by Gasteiger charge is -2.20. The average Bonchev–Trinajstić information content (AvgIpc) is 3.29. The minimum absolute atomic E-state index is 0.0508. The van der Waals surface area contributed by atoms with Crippen LogP contribution in [0.5, 0.6) is 11.5 Å². The molecule has 0 saturated carbocycles. The largest absolute Gasteiger partial charge is 0.486 e. The molecule has 2 aromatic rings. The van der Waals surface area contributed by atoms with Crippen LogP contribution < -0.4 is 15.2 Å². The topological polar surface area (TPSA) is 111 Å². The lowest BCUT2D eigenvalue weighted by molar-refractivity contribution is -0.124. The minimum atomic E-state index is -1.21. The molecular formula is C22H24N4O4. The molecule has 1 unspecified atom stereocenters. The summed E-state index contributed by atoms with van der Waals surface area (Å²) in [5.74, 6) is 0.727. The van der Waals surface area contributed by atoms with E-state index in [1.54, 1.807) is 0 Å². The maximum absolute atomic E-state index is 13.0. The molecule has 2 N–H and O–H groups in total. The summed E-state index contributed by atoms with van der Waals surface area (Å²) in [6, 6.07) is 9.64. The third kappa shape index (κ3) is 3.31. The van der Waals surface area contributed by atoms with Gasteiger partial charge in [-0.3, -0.25) is 14.5 Å². The number of ether oxygens (including phenoxy) is 2. The first-order chi connectivity index (χ1) is 14.3. The number of hydrogen-bond acceptors (Lipinski definition) is 6. The summed E-state index contributed by atoms with van der Waals surface area (Å²) in [6.07, 6.45) is 0.350. The highest BCUT2D eigenvalue weighted by Crippen LogP contribution is 2.34. The average molecular weight is 408 g/mol. The van der Waals surface area contributed by atoms with Crippen molar-refractivity contribution in [2.45, 2.75) is 20.3 Å². The summed E-state index contributed by atoms with van der Waals surface area (Å²) in [4.78, 5) is 26.5. The van der Waals surface area contributed by atoms with Crippen LogP contribution in [0.1, 0.15) is 28.2 Å². The van der Waals surface area contributed by atoms with E-state index in [-0.39, 0.29) is 18.9 Å². The molecule has 8 nitrogen and oxygen atoms in total. The van der Waals surface area contributed by atoms with Crippen LogP contribution in [0.4, 0.5) is 0 Å². The predicted molar refractivity (Wildman–Crippen MR) is 109 cm³/mol. The Kier molecular flexibility index (Phi) is 5.00. The van der Waals surface area contributed by atoms with Crippen LogP contribution in [-0.2, 0) is 4.79 Å². The number of likely N-dealkylation sites (tertiary alicyclic amines) is 1. The summed E-state index contributed by atoms with van der Waals surface area (Å²) < 4.78 is 13.3. The summed E-state index contributed by atoms with van der Waals surface area (Å²) in [5, 5.41) is 9.37. The van der Waals surface area contributed by atoms with Gasteiger partial charge in [0.1, 0.15) is 18.6 Å². The number of fused-ring (bicyclic) bond motifs is 1. The number of rotatable bonds is 5. The lowest BCUT2D eigenvalue weighted by Crippen LogP contribution is -2.39. The maximum atomic E-state index is 13.0. The molecule has 8 heteroatoms. The lowest BCUT2D eigenvalue weighted by atomic mass is 9.88. The zero-order valence-corrected chi connectivity index (χ0v) is 17.1. The van der Waals surface area contributed by atoms with E-state index in [9.17, 15) is 14.9 Å². The van der Waals surface area contributed by atoms with E-state index in [4.69, 9.17) is 15.2 Å². The van der Waals surface area contributed by atoms with Gasteiger partial charge in [-0.1, -0.05) is 0 Å². The number of primary amides is 1. The van der Waals surface area contributed by atoms with Crippen LogP contribution in [0, 0.1) is 30.6 Å². The van der Waals surface area contributed by atoms with Crippen LogP contribution in [0.25, 0.3) is 5.69 Å². The smallest absolute Gasteiger partial charge is 0.239 e. The van der Waals surface area contributed by atoms with Crippen LogP contribution in [0.2, 0.25) is 0 Å². The summed E-state index contributed by atoms with van der Waals surface area (Å²) in [5.41, 5.74) is 7.48. The number of nitrogens with zero attached hydrogens (tertiary/aromatic N) is 3. The van der Waals surface area contributed by atoms with Crippen molar-refractivity contribution in [2.75, 3.05) is 32.8 Å². The molecule has 30 heavy (non-hydrogen) atoms. The summed E-state index contributed by atoms with van der Waals surface area (Å²) >= 11 is 0. The summed E-state index contributed by atoms with van der Waals surface area (Å²) in [7, 11) is 0. The monoisotopic (exact) mass is 408 g/mol. The van der Waals surface area contributed by atoms with E-state index in [0.717, 1.165) is 17.1 Å². The number of Topliss-reactive ketones (excluding diaryl/α,β-unsaturated/α-hetero) is 1. The van der Waals surface area contributed by atoms with Crippen molar-refractivity contribution in [3.8, 4) is 23.3 Å². The number of carbonyl (C=O) groups is 2. The number of aromatic nitrogens is 1. The normalized spacial score (nSPS) is 20.7. The first-order valence-corrected chi connectivity index (χ1v) is 9.90. The molecule has 0 spiro atoms. The van der Waals surface area contributed by atoms with Gasteiger partial charge in [0.25, 0.3) is 0 Å². The number of carbonyl (C=O) groups excluding carboxylic acids is 2.